The van der Waals surface area contributed by atoms with Crippen molar-refractivity contribution in [1.82, 2.24) is 10.2 Å². The summed E-state index contributed by atoms with van der Waals surface area (Å²) in [7, 11) is 0. The SMILES string of the molecule is CCCOc1ccc(C(=O)C(C)CN2CCNCC2)cc1. The molecular formula is C17H26N2O2. The quantitative estimate of drug-likeness (QED) is 0.782. The van der Waals surface area contributed by atoms with Crippen LogP contribution in [0.1, 0.15) is 30.6 Å². The van der Waals surface area contributed by atoms with Crippen LogP contribution in [0, 0.1) is 5.92 Å². The Hall–Kier alpha value is -1.39. The van der Waals surface area contributed by atoms with Crippen molar-refractivity contribution in [2.24, 2.45) is 5.92 Å². The van der Waals surface area contributed by atoms with Gasteiger partial charge in [0.15, 0.2) is 5.78 Å². The molecule has 1 aliphatic rings. The van der Waals surface area contributed by atoms with Crippen LogP contribution < -0.4 is 10.1 Å². The van der Waals surface area contributed by atoms with Gasteiger partial charge in [0.2, 0.25) is 0 Å². The topological polar surface area (TPSA) is 41.6 Å². The molecule has 1 aromatic rings. The van der Waals surface area contributed by atoms with Crippen LogP contribution in [0.2, 0.25) is 0 Å². The lowest BCUT2D eigenvalue weighted by molar-refractivity contribution is 0.0887. The molecule has 0 bridgehead atoms. The Morgan fingerprint density at radius 2 is 1.95 bits per heavy atom. The largest absolute Gasteiger partial charge is 0.494 e. The average Bonchev–Trinajstić information content (AvgIpc) is 2.53. The number of piperazine rings is 1. The molecule has 1 aliphatic heterocycles. The Morgan fingerprint density at radius 1 is 1.29 bits per heavy atom. The molecule has 1 heterocycles. The van der Waals surface area contributed by atoms with Crippen molar-refractivity contribution < 1.29 is 9.53 Å². The first-order valence-electron chi connectivity index (χ1n) is 7.91. The zero-order valence-electron chi connectivity index (χ0n) is 13.1. The second-order valence-electron chi connectivity index (χ2n) is 5.69. The molecule has 1 unspecified atom stereocenters. The van der Waals surface area contributed by atoms with E-state index in [0.717, 1.165) is 50.5 Å². The van der Waals surface area contributed by atoms with Crippen molar-refractivity contribution in [3.05, 3.63) is 29.8 Å². The molecule has 0 aromatic heterocycles. The molecule has 0 amide bonds. The van der Waals surface area contributed by atoms with Crippen molar-refractivity contribution >= 4 is 5.78 Å². The Labute approximate surface area is 127 Å². The number of carbonyl (C=O) groups excluding carboxylic acids is 1. The highest BCUT2D eigenvalue weighted by Crippen LogP contribution is 2.16. The number of carbonyl (C=O) groups is 1. The molecule has 0 saturated carbocycles. The Balaban J connectivity index is 1.88. The zero-order valence-corrected chi connectivity index (χ0v) is 13.1. The van der Waals surface area contributed by atoms with Crippen molar-refractivity contribution in [1.29, 1.82) is 0 Å². The highest BCUT2D eigenvalue weighted by atomic mass is 16.5. The lowest BCUT2D eigenvalue weighted by Gasteiger charge is -2.29. The maximum absolute atomic E-state index is 12.5. The minimum Gasteiger partial charge on any atom is -0.494 e. The Kier molecular flexibility index (Phi) is 6.21. The lowest BCUT2D eigenvalue weighted by atomic mass is 9.98. The van der Waals surface area contributed by atoms with Crippen LogP contribution in [-0.2, 0) is 0 Å². The third kappa shape index (κ3) is 4.83. The van der Waals surface area contributed by atoms with E-state index < -0.39 is 0 Å². The van der Waals surface area contributed by atoms with Crippen LogP contribution in [-0.4, -0.2) is 50.0 Å². The van der Waals surface area contributed by atoms with Crippen LogP contribution in [0.3, 0.4) is 0 Å². The normalized spacial score (nSPS) is 17.4. The third-order valence-corrected chi connectivity index (χ3v) is 3.80. The number of ether oxygens (including phenoxy) is 1. The Bertz CT molecular complexity index is 439. The van der Waals surface area contributed by atoms with Gasteiger partial charge in [-0.05, 0) is 30.7 Å². The standard InChI is InChI=1S/C17H26N2O2/c1-3-12-21-16-6-4-15(5-7-16)17(20)14(2)13-19-10-8-18-9-11-19/h4-7,14,18H,3,8-13H2,1-2H3. The van der Waals surface area contributed by atoms with Crippen LogP contribution in [0.15, 0.2) is 24.3 Å². The summed E-state index contributed by atoms with van der Waals surface area (Å²) in [6, 6.07) is 7.53. The first-order valence-corrected chi connectivity index (χ1v) is 7.91. The summed E-state index contributed by atoms with van der Waals surface area (Å²) in [5.41, 5.74) is 0.779. The first kappa shape index (κ1) is 16.0. The summed E-state index contributed by atoms with van der Waals surface area (Å²) in [6.45, 7) is 9.75. The van der Waals surface area contributed by atoms with E-state index in [0.29, 0.717) is 6.61 Å². The minimum atomic E-state index is 0.0329. The second-order valence-corrected chi connectivity index (χ2v) is 5.69. The van der Waals surface area contributed by atoms with Gasteiger partial charge in [-0.25, -0.2) is 0 Å². The molecule has 1 fully saturated rings. The molecule has 0 spiro atoms. The van der Waals surface area contributed by atoms with Crippen molar-refractivity contribution in [2.45, 2.75) is 20.3 Å². The molecule has 4 heteroatoms. The highest BCUT2D eigenvalue weighted by molar-refractivity contribution is 5.97. The summed E-state index contributed by atoms with van der Waals surface area (Å²) in [4.78, 5) is 14.8. The van der Waals surface area contributed by atoms with E-state index in [9.17, 15) is 4.79 Å². The van der Waals surface area contributed by atoms with Gasteiger partial charge in [-0.15, -0.1) is 0 Å². The van der Waals surface area contributed by atoms with Crippen LogP contribution >= 0.6 is 0 Å². The summed E-state index contributed by atoms with van der Waals surface area (Å²) in [6.07, 6.45) is 0.988. The molecule has 21 heavy (non-hydrogen) atoms. The average molecular weight is 290 g/mol. The van der Waals surface area contributed by atoms with Gasteiger partial charge >= 0.3 is 0 Å². The van der Waals surface area contributed by atoms with Crippen LogP contribution in [0.5, 0.6) is 5.75 Å². The van der Waals surface area contributed by atoms with Crippen LogP contribution in [0.4, 0.5) is 0 Å². The van der Waals surface area contributed by atoms with Crippen molar-refractivity contribution in [2.75, 3.05) is 39.3 Å². The maximum atomic E-state index is 12.5. The number of nitrogens with zero attached hydrogens (tertiary/aromatic N) is 1. The van der Waals surface area contributed by atoms with Crippen LogP contribution in [0.25, 0.3) is 0 Å². The molecule has 1 aromatic carbocycles. The molecule has 4 nitrogen and oxygen atoms in total. The van der Waals surface area contributed by atoms with Gasteiger partial charge in [0.1, 0.15) is 5.75 Å². The molecule has 1 N–H and O–H groups in total. The first-order chi connectivity index (χ1) is 10.2. The van der Waals surface area contributed by atoms with E-state index in [2.05, 4.69) is 17.1 Å². The van der Waals surface area contributed by atoms with E-state index in [1.807, 2.05) is 31.2 Å². The summed E-state index contributed by atoms with van der Waals surface area (Å²) >= 11 is 0. The van der Waals surface area contributed by atoms with E-state index in [1.165, 1.54) is 0 Å². The number of Topliss-reactive ketones (excluding diaryl/α,β-unsaturated/α-hetero) is 1. The smallest absolute Gasteiger partial charge is 0.166 e. The zero-order chi connectivity index (χ0) is 15.1. The molecule has 1 atom stereocenters. The molecular weight excluding hydrogens is 264 g/mol. The number of hydrogen-bond acceptors (Lipinski definition) is 4. The summed E-state index contributed by atoms with van der Waals surface area (Å²) < 4.78 is 5.55. The van der Waals surface area contributed by atoms with E-state index >= 15 is 0 Å². The van der Waals surface area contributed by atoms with E-state index in [4.69, 9.17) is 4.74 Å². The van der Waals surface area contributed by atoms with Gasteiger partial charge in [-0.1, -0.05) is 13.8 Å². The van der Waals surface area contributed by atoms with Gasteiger partial charge in [0.25, 0.3) is 0 Å². The fourth-order valence-electron chi connectivity index (χ4n) is 2.58. The van der Waals surface area contributed by atoms with E-state index in [-0.39, 0.29) is 11.7 Å². The number of rotatable bonds is 7. The monoisotopic (exact) mass is 290 g/mol. The van der Waals surface area contributed by atoms with Gasteiger partial charge in [0.05, 0.1) is 6.61 Å². The number of ketones is 1. The van der Waals surface area contributed by atoms with Gasteiger partial charge in [-0.3, -0.25) is 4.79 Å². The fraction of sp³-hybridized carbons (Fsp3) is 0.588. The van der Waals surface area contributed by atoms with Crippen molar-refractivity contribution in [3.8, 4) is 5.75 Å². The van der Waals surface area contributed by atoms with E-state index in [1.54, 1.807) is 0 Å². The molecule has 2 rings (SSSR count). The summed E-state index contributed by atoms with van der Waals surface area (Å²) in [5, 5.41) is 3.33. The maximum Gasteiger partial charge on any atom is 0.166 e. The lowest BCUT2D eigenvalue weighted by Crippen LogP contribution is -2.45. The summed E-state index contributed by atoms with van der Waals surface area (Å²) in [5.74, 6) is 1.09. The number of hydrogen-bond donors (Lipinski definition) is 1. The molecule has 1 saturated heterocycles. The van der Waals surface area contributed by atoms with Gasteiger partial charge in [-0.2, -0.15) is 0 Å². The minimum absolute atomic E-state index is 0.0329. The number of nitrogens with one attached hydrogen (secondary N) is 1. The van der Waals surface area contributed by atoms with Crippen molar-refractivity contribution in [3.63, 3.8) is 0 Å². The predicted molar refractivity (Wildman–Crippen MR) is 85.0 cm³/mol. The third-order valence-electron chi connectivity index (χ3n) is 3.80. The van der Waals surface area contributed by atoms with Gasteiger partial charge < -0.3 is 15.0 Å². The Morgan fingerprint density at radius 3 is 2.57 bits per heavy atom. The molecule has 116 valence electrons. The molecule has 0 aliphatic carbocycles. The number of benzene rings is 1. The van der Waals surface area contributed by atoms with Gasteiger partial charge in [0, 0.05) is 44.2 Å². The highest BCUT2D eigenvalue weighted by Gasteiger charge is 2.19. The predicted octanol–water partition coefficient (Wildman–Crippen LogP) is 2.20. The fourth-order valence-corrected chi connectivity index (χ4v) is 2.58. The second kappa shape index (κ2) is 8.15. The molecule has 0 radical (unpaired) electrons.